The number of nitrogens with one attached hydrogen (secondary N) is 1. The van der Waals surface area contributed by atoms with Crippen LogP contribution in [0.2, 0.25) is 0 Å². The van der Waals surface area contributed by atoms with Gasteiger partial charge in [-0.2, -0.15) is 0 Å². The van der Waals surface area contributed by atoms with Gasteiger partial charge in [-0.05, 0) is 37.5 Å². The van der Waals surface area contributed by atoms with Crippen LogP contribution < -0.4 is 15.8 Å². The van der Waals surface area contributed by atoms with Crippen LogP contribution in [-0.4, -0.2) is 19.1 Å². The normalized spacial score (nSPS) is 23.9. The number of nitrogens with two attached hydrogens (primary N) is 1. The van der Waals surface area contributed by atoms with Gasteiger partial charge in [-0.15, -0.1) is 0 Å². The molecule has 0 aromatic heterocycles. The monoisotopic (exact) mass is 276 g/mol. The molecule has 2 rings (SSSR count). The lowest BCUT2D eigenvalue weighted by Crippen LogP contribution is -2.44. The number of carbonyl (C=O) groups is 1. The van der Waals surface area contributed by atoms with Crippen molar-refractivity contribution in [1.29, 1.82) is 0 Å². The summed E-state index contributed by atoms with van der Waals surface area (Å²) in [7, 11) is 1.64. The fourth-order valence-corrected chi connectivity index (χ4v) is 2.80. The first kappa shape index (κ1) is 14.9. The molecule has 1 aromatic carbocycles. The van der Waals surface area contributed by atoms with E-state index in [-0.39, 0.29) is 23.9 Å². The van der Waals surface area contributed by atoms with E-state index in [1.165, 1.54) is 0 Å². The number of hydrogen-bond donors (Lipinski definition) is 2. The van der Waals surface area contributed by atoms with Crippen molar-refractivity contribution in [3.05, 3.63) is 29.8 Å². The Balaban J connectivity index is 1.99. The van der Waals surface area contributed by atoms with E-state index < -0.39 is 0 Å². The summed E-state index contributed by atoms with van der Waals surface area (Å²) < 4.78 is 5.21. The van der Waals surface area contributed by atoms with Crippen molar-refractivity contribution < 1.29 is 9.53 Å². The highest BCUT2D eigenvalue weighted by Gasteiger charge is 2.28. The molecule has 3 unspecified atom stereocenters. The Bertz CT molecular complexity index is 462. The van der Waals surface area contributed by atoms with Crippen molar-refractivity contribution in [3.8, 4) is 5.75 Å². The molecule has 110 valence electrons. The molecule has 1 aromatic rings. The highest BCUT2D eigenvalue weighted by atomic mass is 16.5. The van der Waals surface area contributed by atoms with Crippen LogP contribution in [0.1, 0.15) is 44.2 Å². The van der Waals surface area contributed by atoms with E-state index in [1.54, 1.807) is 7.11 Å². The second-order valence-electron chi connectivity index (χ2n) is 5.56. The Kier molecular flexibility index (Phi) is 5.01. The molecule has 4 nitrogen and oxygen atoms in total. The molecule has 1 amide bonds. The molecular weight excluding hydrogens is 252 g/mol. The Morgan fingerprint density at radius 3 is 2.85 bits per heavy atom. The van der Waals surface area contributed by atoms with Crippen molar-refractivity contribution in [2.75, 3.05) is 7.11 Å². The lowest BCUT2D eigenvalue weighted by Gasteiger charge is -2.28. The Morgan fingerprint density at radius 2 is 2.15 bits per heavy atom. The van der Waals surface area contributed by atoms with Gasteiger partial charge in [0.25, 0.3) is 0 Å². The predicted molar refractivity (Wildman–Crippen MR) is 79.5 cm³/mol. The summed E-state index contributed by atoms with van der Waals surface area (Å²) in [6, 6.07) is 7.74. The van der Waals surface area contributed by atoms with Crippen molar-refractivity contribution in [2.24, 2.45) is 11.7 Å². The molecule has 0 aliphatic heterocycles. The first-order valence-electron chi connectivity index (χ1n) is 7.31. The topological polar surface area (TPSA) is 64.3 Å². The minimum atomic E-state index is -0.0446. The third kappa shape index (κ3) is 3.51. The quantitative estimate of drug-likeness (QED) is 0.887. The minimum absolute atomic E-state index is 0.00117. The maximum absolute atomic E-state index is 12.3. The van der Waals surface area contributed by atoms with Crippen LogP contribution >= 0.6 is 0 Å². The van der Waals surface area contributed by atoms with E-state index in [0.717, 1.165) is 37.0 Å². The molecule has 1 aliphatic rings. The van der Waals surface area contributed by atoms with Gasteiger partial charge in [0.1, 0.15) is 5.75 Å². The SMILES string of the molecule is COc1cccc(C(C)NC(=O)C2CCCCC2N)c1. The van der Waals surface area contributed by atoms with Gasteiger partial charge in [-0.1, -0.05) is 25.0 Å². The van der Waals surface area contributed by atoms with Gasteiger partial charge in [0.2, 0.25) is 5.91 Å². The number of methoxy groups -OCH3 is 1. The van der Waals surface area contributed by atoms with E-state index in [1.807, 2.05) is 31.2 Å². The molecule has 0 spiro atoms. The molecule has 0 bridgehead atoms. The van der Waals surface area contributed by atoms with Crippen LogP contribution in [-0.2, 0) is 4.79 Å². The number of carbonyl (C=O) groups excluding carboxylic acids is 1. The van der Waals surface area contributed by atoms with Crippen molar-refractivity contribution >= 4 is 5.91 Å². The molecule has 3 atom stereocenters. The Hall–Kier alpha value is -1.55. The molecule has 1 fully saturated rings. The first-order chi connectivity index (χ1) is 9.61. The van der Waals surface area contributed by atoms with Gasteiger partial charge in [0, 0.05) is 6.04 Å². The van der Waals surface area contributed by atoms with Crippen LogP contribution in [0.3, 0.4) is 0 Å². The third-order valence-electron chi connectivity index (χ3n) is 4.11. The van der Waals surface area contributed by atoms with Crippen molar-refractivity contribution in [1.82, 2.24) is 5.32 Å². The molecule has 0 saturated heterocycles. The number of rotatable bonds is 4. The molecule has 0 radical (unpaired) electrons. The van der Waals surface area contributed by atoms with Crippen LogP contribution in [0.15, 0.2) is 24.3 Å². The van der Waals surface area contributed by atoms with Gasteiger partial charge in [0.05, 0.1) is 19.1 Å². The first-order valence-corrected chi connectivity index (χ1v) is 7.31. The second-order valence-corrected chi connectivity index (χ2v) is 5.56. The fraction of sp³-hybridized carbons (Fsp3) is 0.562. The Labute approximate surface area is 120 Å². The number of hydrogen-bond acceptors (Lipinski definition) is 3. The standard InChI is InChI=1S/C16H24N2O2/c1-11(12-6-5-7-13(10-12)20-2)18-16(19)14-8-3-4-9-15(14)17/h5-7,10-11,14-15H,3-4,8-9,17H2,1-2H3,(H,18,19). The van der Waals surface area contributed by atoms with E-state index in [0.29, 0.717) is 0 Å². The second kappa shape index (κ2) is 6.75. The average Bonchev–Trinajstić information content (AvgIpc) is 2.47. The third-order valence-corrected chi connectivity index (χ3v) is 4.11. The zero-order valence-electron chi connectivity index (χ0n) is 12.3. The van der Waals surface area contributed by atoms with Crippen LogP contribution in [0.4, 0.5) is 0 Å². The fourth-order valence-electron chi connectivity index (χ4n) is 2.80. The van der Waals surface area contributed by atoms with Gasteiger partial charge >= 0.3 is 0 Å². The van der Waals surface area contributed by atoms with Gasteiger partial charge < -0.3 is 15.8 Å². The van der Waals surface area contributed by atoms with Gasteiger partial charge in [0.15, 0.2) is 0 Å². The van der Waals surface area contributed by atoms with E-state index in [9.17, 15) is 4.79 Å². The molecular formula is C16H24N2O2. The molecule has 4 heteroatoms. The molecule has 0 heterocycles. The predicted octanol–water partition coefficient (Wildman–Crippen LogP) is 2.39. The van der Waals surface area contributed by atoms with E-state index in [2.05, 4.69) is 5.32 Å². The summed E-state index contributed by atoms with van der Waals surface area (Å²) in [5.74, 6) is 0.835. The maximum Gasteiger partial charge on any atom is 0.225 e. The summed E-state index contributed by atoms with van der Waals surface area (Å²) in [6.45, 7) is 1.99. The smallest absolute Gasteiger partial charge is 0.225 e. The average molecular weight is 276 g/mol. The Morgan fingerprint density at radius 1 is 1.40 bits per heavy atom. The van der Waals surface area contributed by atoms with E-state index in [4.69, 9.17) is 10.5 Å². The molecule has 1 saturated carbocycles. The van der Waals surface area contributed by atoms with Crippen molar-refractivity contribution in [2.45, 2.75) is 44.7 Å². The molecule has 3 N–H and O–H groups in total. The van der Waals surface area contributed by atoms with Crippen LogP contribution in [0, 0.1) is 5.92 Å². The highest BCUT2D eigenvalue weighted by molar-refractivity contribution is 5.80. The summed E-state index contributed by atoms with van der Waals surface area (Å²) in [5, 5.41) is 3.07. The minimum Gasteiger partial charge on any atom is -0.497 e. The highest BCUT2D eigenvalue weighted by Crippen LogP contribution is 2.25. The summed E-state index contributed by atoms with van der Waals surface area (Å²) in [4.78, 5) is 12.3. The largest absolute Gasteiger partial charge is 0.497 e. The molecule has 1 aliphatic carbocycles. The summed E-state index contributed by atoms with van der Waals surface area (Å²) in [5.41, 5.74) is 7.10. The zero-order chi connectivity index (χ0) is 14.5. The zero-order valence-corrected chi connectivity index (χ0v) is 12.3. The summed E-state index contributed by atoms with van der Waals surface area (Å²) >= 11 is 0. The van der Waals surface area contributed by atoms with Gasteiger partial charge in [-0.25, -0.2) is 0 Å². The molecule has 20 heavy (non-hydrogen) atoms. The lowest BCUT2D eigenvalue weighted by molar-refractivity contribution is -0.127. The lowest BCUT2D eigenvalue weighted by atomic mass is 9.84. The van der Waals surface area contributed by atoms with Crippen LogP contribution in [0.5, 0.6) is 5.75 Å². The van der Waals surface area contributed by atoms with E-state index >= 15 is 0 Å². The van der Waals surface area contributed by atoms with Crippen molar-refractivity contribution in [3.63, 3.8) is 0 Å². The maximum atomic E-state index is 12.3. The number of amides is 1. The van der Waals surface area contributed by atoms with Gasteiger partial charge in [-0.3, -0.25) is 4.79 Å². The van der Waals surface area contributed by atoms with Crippen LogP contribution in [0.25, 0.3) is 0 Å². The number of benzene rings is 1. The number of ether oxygens (including phenoxy) is 1. The summed E-state index contributed by atoms with van der Waals surface area (Å²) in [6.07, 6.45) is 4.08.